The van der Waals surface area contributed by atoms with Crippen molar-refractivity contribution in [1.29, 1.82) is 0 Å². The third kappa shape index (κ3) is 5.65. The molecule has 5 rings (SSSR count). The molecule has 4 heterocycles. The van der Waals surface area contributed by atoms with Gasteiger partial charge in [-0.2, -0.15) is 0 Å². The van der Waals surface area contributed by atoms with Gasteiger partial charge in [0, 0.05) is 54.1 Å². The van der Waals surface area contributed by atoms with Crippen LogP contribution in [0.1, 0.15) is 35.7 Å². The number of benzene rings is 1. The van der Waals surface area contributed by atoms with E-state index in [1.54, 1.807) is 30.2 Å². The highest BCUT2D eigenvalue weighted by molar-refractivity contribution is 5.59. The molecule has 2 N–H and O–H groups in total. The van der Waals surface area contributed by atoms with Gasteiger partial charge in [0.15, 0.2) is 5.76 Å². The topological polar surface area (TPSA) is 120 Å². The molecule has 180 valence electrons. The number of imidazole rings is 1. The zero-order valence-electron chi connectivity index (χ0n) is 19.6. The molecule has 10 heteroatoms. The van der Waals surface area contributed by atoms with Crippen molar-refractivity contribution in [3.05, 3.63) is 96.1 Å². The molecule has 0 fully saturated rings. The van der Waals surface area contributed by atoms with Crippen molar-refractivity contribution in [2.45, 2.75) is 26.1 Å². The quantitative estimate of drug-likeness (QED) is 0.325. The Morgan fingerprint density at radius 2 is 1.86 bits per heavy atom. The minimum absolute atomic E-state index is 0.470. The minimum Gasteiger partial charge on any atom is -0.385 e. The molecule has 0 aliphatic rings. The van der Waals surface area contributed by atoms with E-state index in [-0.39, 0.29) is 0 Å². The number of pyridine rings is 1. The van der Waals surface area contributed by atoms with Gasteiger partial charge in [-0.1, -0.05) is 22.2 Å². The molecule has 4 aromatic heterocycles. The van der Waals surface area contributed by atoms with E-state index in [2.05, 4.69) is 42.6 Å². The molecule has 10 nitrogen and oxygen atoms in total. The molecule has 0 saturated heterocycles. The number of aromatic nitrogens is 7. The first-order valence-electron chi connectivity index (χ1n) is 11.5. The standard InChI is InChI=1S/C26H24N8O2/c1-19(35)26-28-10-13-33(26)18-23-16-24(36-31-23)22-7-4-20(5-8-22)2-3-21-6-9-25(29-17-21)27-11-14-34-15-12-30-32-34/h4-10,12-13,15-17,19,35H,11,14,18H2,1H3,(H,27,29)/t19-/m0/s1. The Morgan fingerprint density at radius 3 is 2.61 bits per heavy atom. The Balaban J connectivity index is 1.17. The van der Waals surface area contributed by atoms with Crippen LogP contribution in [-0.4, -0.2) is 46.3 Å². The summed E-state index contributed by atoms with van der Waals surface area (Å²) in [6, 6.07) is 13.5. The van der Waals surface area contributed by atoms with Crippen molar-refractivity contribution in [2.75, 3.05) is 11.9 Å². The van der Waals surface area contributed by atoms with Crippen molar-refractivity contribution in [3.8, 4) is 23.2 Å². The van der Waals surface area contributed by atoms with E-state index in [0.717, 1.165) is 28.2 Å². The summed E-state index contributed by atoms with van der Waals surface area (Å²) in [5, 5.41) is 24.9. The van der Waals surface area contributed by atoms with Gasteiger partial charge >= 0.3 is 0 Å². The smallest absolute Gasteiger partial charge is 0.167 e. The summed E-state index contributed by atoms with van der Waals surface area (Å²) in [4.78, 5) is 8.59. The van der Waals surface area contributed by atoms with Crippen LogP contribution in [0.2, 0.25) is 0 Å². The fourth-order valence-electron chi connectivity index (χ4n) is 3.60. The average Bonchev–Trinajstić information content (AvgIpc) is 3.67. The first-order chi connectivity index (χ1) is 17.6. The van der Waals surface area contributed by atoms with Crippen molar-refractivity contribution in [3.63, 3.8) is 0 Å². The highest BCUT2D eigenvalue weighted by Crippen LogP contribution is 2.22. The van der Waals surface area contributed by atoms with Crippen LogP contribution in [-0.2, 0) is 13.1 Å². The molecular formula is C26H24N8O2. The fourth-order valence-corrected chi connectivity index (χ4v) is 3.60. The number of nitrogens with zero attached hydrogens (tertiary/aromatic N) is 7. The van der Waals surface area contributed by atoms with Gasteiger partial charge in [-0.3, -0.25) is 4.68 Å². The summed E-state index contributed by atoms with van der Waals surface area (Å²) in [6.07, 6.45) is 8.04. The van der Waals surface area contributed by atoms with Gasteiger partial charge in [-0.15, -0.1) is 5.10 Å². The third-order valence-corrected chi connectivity index (χ3v) is 5.42. The summed E-state index contributed by atoms with van der Waals surface area (Å²) in [7, 11) is 0. The van der Waals surface area contributed by atoms with Crippen LogP contribution in [0.5, 0.6) is 0 Å². The maximum absolute atomic E-state index is 9.82. The molecule has 1 atom stereocenters. The lowest BCUT2D eigenvalue weighted by molar-refractivity contribution is 0.184. The van der Waals surface area contributed by atoms with E-state index in [4.69, 9.17) is 4.52 Å². The maximum atomic E-state index is 9.82. The number of aliphatic hydroxyl groups excluding tert-OH is 1. The van der Waals surface area contributed by atoms with E-state index < -0.39 is 6.10 Å². The van der Waals surface area contributed by atoms with Crippen LogP contribution in [0.25, 0.3) is 11.3 Å². The Bertz CT molecular complexity index is 1460. The van der Waals surface area contributed by atoms with Gasteiger partial charge in [-0.25, -0.2) is 9.97 Å². The van der Waals surface area contributed by atoms with Gasteiger partial charge in [0.2, 0.25) is 0 Å². The molecule has 0 bridgehead atoms. The third-order valence-electron chi connectivity index (χ3n) is 5.42. The monoisotopic (exact) mass is 480 g/mol. The number of nitrogens with one attached hydrogen (secondary N) is 1. The second-order valence-electron chi connectivity index (χ2n) is 8.12. The van der Waals surface area contributed by atoms with E-state index in [0.29, 0.717) is 31.2 Å². The van der Waals surface area contributed by atoms with Crippen LogP contribution in [0.4, 0.5) is 5.82 Å². The van der Waals surface area contributed by atoms with Crippen molar-refractivity contribution in [2.24, 2.45) is 0 Å². The molecule has 36 heavy (non-hydrogen) atoms. The molecule has 0 radical (unpaired) electrons. The predicted octanol–water partition coefficient (Wildman–Crippen LogP) is 3.14. The molecule has 0 aliphatic carbocycles. The van der Waals surface area contributed by atoms with Crippen LogP contribution < -0.4 is 5.32 Å². The molecule has 0 saturated carbocycles. The summed E-state index contributed by atoms with van der Waals surface area (Å²) >= 11 is 0. The zero-order chi connectivity index (χ0) is 24.7. The van der Waals surface area contributed by atoms with Gasteiger partial charge < -0.3 is 19.5 Å². The summed E-state index contributed by atoms with van der Waals surface area (Å²) < 4.78 is 9.13. The number of anilines is 1. The predicted molar refractivity (Wildman–Crippen MR) is 133 cm³/mol. The zero-order valence-corrected chi connectivity index (χ0v) is 19.6. The van der Waals surface area contributed by atoms with Crippen LogP contribution in [0, 0.1) is 11.8 Å². The summed E-state index contributed by atoms with van der Waals surface area (Å²) in [6.45, 7) is 3.57. The van der Waals surface area contributed by atoms with Crippen LogP contribution >= 0.6 is 0 Å². The Morgan fingerprint density at radius 1 is 1.03 bits per heavy atom. The largest absolute Gasteiger partial charge is 0.385 e. The second kappa shape index (κ2) is 10.7. The molecule has 5 aromatic rings. The Labute approximate surface area is 207 Å². The van der Waals surface area contributed by atoms with Crippen molar-refractivity contribution < 1.29 is 9.63 Å². The van der Waals surface area contributed by atoms with Gasteiger partial charge in [0.25, 0.3) is 0 Å². The highest BCUT2D eigenvalue weighted by atomic mass is 16.5. The molecule has 0 spiro atoms. The van der Waals surface area contributed by atoms with E-state index in [1.165, 1.54) is 0 Å². The first kappa shape index (κ1) is 23.0. The second-order valence-corrected chi connectivity index (χ2v) is 8.12. The molecular weight excluding hydrogens is 456 g/mol. The van der Waals surface area contributed by atoms with E-state index in [9.17, 15) is 5.11 Å². The number of hydrogen-bond acceptors (Lipinski definition) is 8. The van der Waals surface area contributed by atoms with Gasteiger partial charge in [0.1, 0.15) is 23.4 Å². The molecule has 0 aliphatic heterocycles. The first-order valence-corrected chi connectivity index (χ1v) is 11.5. The van der Waals surface area contributed by atoms with Crippen LogP contribution in [0.3, 0.4) is 0 Å². The lowest BCUT2D eigenvalue weighted by Gasteiger charge is -2.07. The summed E-state index contributed by atoms with van der Waals surface area (Å²) in [5.41, 5.74) is 3.37. The Kier molecular flexibility index (Phi) is 6.82. The minimum atomic E-state index is -0.651. The van der Waals surface area contributed by atoms with Gasteiger partial charge in [-0.05, 0) is 43.3 Å². The lowest BCUT2D eigenvalue weighted by Crippen LogP contribution is -2.11. The van der Waals surface area contributed by atoms with Gasteiger partial charge in [0.05, 0.1) is 19.3 Å². The number of rotatable bonds is 8. The van der Waals surface area contributed by atoms with Crippen molar-refractivity contribution >= 4 is 5.82 Å². The average molecular weight is 481 g/mol. The number of aliphatic hydroxyl groups is 1. The SMILES string of the molecule is C[C@H](O)c1nccn1Cc1cc(-c2ccc(C#Cc3ccc(NCCn4ccnn4)nc3)cc2)on1. The maximum Gasteiger partial charge on any atom is 0.167 e. The number of hydrogen-bond donors (Lipinski definition) is 2. The molecule has 1 aromatic carbocycles. The normalized spacial score (nSPS) is 11.6. The van der Waals surface area contributed by atoms with E-state index >= 15 is 0 Å². The lowest BCUT2D eigenvalue weighted by atomic mass is 10.1. The highest BCUT2D eigenvalue weighted by Gasteiger charge is 2.12. The van der Waals surface area contributed by atoms with Crippen molar-refractivity contribution in [1.82, 2.24) is 34.7 Å². The van der Waals surface area contributed by atoms with E-state index in [1.807, 2.05) is 59.4 Å². The van der Waals surface area contributed by atoms with Crippen LogP contribution in [0.15, 0.2) is 78.0 Å². The molecule has 0 unspecified atom stereocenters. The fraction of sp³-hybridized carbons (Fsp3) is 0.192. The molecule has 0 amide bonds. The summed E-state index contributed by atoms with van der Waals surface area (Å²) in [5.74, 6) is 8.34. The Hall–Kier alpha value is -4.75.